The number of anilines is 4. The first-order valence-corrected chi connectivity index (χ1v) is 8.39. The maximum Gasteiger partial charge on any atom is 0.229 e. The van der Waals surface area contributed by atoms with Crippen molar-refractivity contribution in [3.63, 3.8) is 0 Å². The second-order valence-electron chi connectivity index (χ2n) is 5.18. The topological polar surface area (TPSA) is 68.3 Å². The molecule has 2 aromatic carbocycles. The molecule has 3 aromatic rings. The Kier molecular flexibility index (Phi) is 5.65. The van der Waals surface area contributed by atoms with Gasteiger partial charge in [-0.25, -0.2) is 4.98 Å². The second-order valence-corrected chi connectivity index (χ2v) is 5.99. The number of benzene rings is 2. The first-order valence-electron chi connectivity index (χ1n) is 7.64. The van der Waals surface area contributed by atoms with Crippen LogP contribution in [0.2, 0.25) is 10.0 Å². The molecule has 0 aliphatic carbocycles. The molecule has 0 fully saturated rings. The van der Waals surface area contributed by atoms with E-state index in [4.69, 9.17) is 32.7 Å². The van der Waals surface area contributed by atoms with Gasteiger partial charge in [0.1, 0.15) is 17.3 Å². The molecular weight excluding hydrogens is 375 g/mol. The van der Waals surface area contributed by atoms with Gasteiger partial charge in [0.25, 0.3) is 0 Å². The molecule has 1 aromatic heterocycles. The van der Waals surface area contributed by atoms with Crippen molar-refractivity contribution in [2.45, 2.75) is 0 Å². The number of para-hydroxylation sites is 1. The van der Waals surface area contributed by atoms with Crippen LogP contribution in [0.1, 0.15) is 0 Å². The molecule has 0 saturated carbocycles. The molecule has 0 aliphatic heterocycles. The first kappa shape index (κ1) is 18.1. The standard InChI is InChI=1S/C18H16Cl2N4O2/c1-25-11-6-7-14(15(10-11)26-2)22-18-21-9-8-16(24-18)23-17-12(19)4-3-5-13(17)20/h3-10H,1-2H3,(H2,21,22,23,24). The number of halogens is 2. The lowest BCUT2D eigenvalue weighted by Crippen LogP contribution is -2.02. The van der Waals surface area contributed by atoms with Crippen molar-refractivity contribution in [1.29, 1.82) is 0 Å². The molecule has 0 saturated heterocycles. The Balaban J connectivity index is 1.84. The highest BCUT2D eigenvalue weighted by molar-refractivity contribution is 6.39. The van der Waals surface area contributed by atoms with Crippen LogP contribution in [0.5, 0.6) is 11.5 Å². The second kappa shape index (κ2) is 8.12. The van der Waals surface area contributed by atoms with Crippen molar-refractivity contribution in [3.8, 4) is 11.5 Å². The smallest absolute Gasteiger partial charge is 0.229 e. The Labute approximate surface area is 161 Å². The zero-order valence-electron chi connectivity index (χ0n) is 14.1. The lowest BCUT2D eigenvalue weighted by Gasteiger charge is -2.13. The molecule has 0 atom stereocenters. The highest BCUT2D eigenvalue weighted by Crippen LogP contribution is 2.33. The molecule has 0 spiro atoms. The van der Waals surface area contributed by atoms with Crippen LogP contribution in [0.15, 0.2) is 48.7 Å². The Morgan fingerprint density at radius 1 is 0.923 bits per heavy atom. The van der Waals surface area contributed by atoms with Crippen molar-refractivity contribution in [3.05, 3.63) is 58.7 Å². The fraction of sp³-hybridized carbons (Fsp3) is 0.111. The lowest BCUT2D eigenvalue weighted by molar-refractivity contribution is 0.395. The minimum atomic E-state index is 0.390. The maximum atomic E-state index is 6.18. The minimum absolute atomic E-state index is 0.390. The fourth-order valence-corrected chi connectivity index (χ4v) is 2.75. The van der Waals surface area contributed by atoms with Gasteiger partial charge < -0.3 is 20.1 Å². The summed E-state index contributed by atoms with van der Waals surface area (Å²) in [5.74, 6) is 2.24. The van der Waals surface area contributed by atoms with Crippen molar-refractivity contribution >= 4 is 46.3 Å². The third kappa shape index (κ3) is 4.09. The number of aromatic nitrogens is 2. The van der Waals surface area contributed by atoms with E-state index in [1.165, 1.54) is 0 Å². The van der Waals surface area contributed by atoms with Crippen LogP contribution in [-0.2, 0) is 0 Å². The third-order valence-corrected chi connectivity index (χ3v) is 4.16. The quantitative estimate of drug-likeness (QED) is 0.595. The van der Waals surface area contributed by atoms with E-state index in [0.717, 1.165) is 0 Å². The summed E-state index contributed by atoms with van der Waals surface area (Å²) < 4.78 is 10.6. The summed E-state index contributed by atoms with van der Waals surface area (Å²) in [6.07, 6.45) is 1.62. The van der Waals surface area contributed by atoms with Crippen molar-refractivity contribution < 1.29 is 9.47 Å². The molecule has 0 bridgehead atoms. The SMILES string of the molecule is COc1ccc(Nc2nccc(Nc3c(Cl)cccc3Cl)n2)c(OC)c1. The van der Waals surface area contributed by atoms with Crippen LogP contribution >= 0.6 is 23.2 Å². The normalized spacial score (nSPS) is 10.3. The molecule has 0 unspecified atom stereocenters. The van der Waals surface area contributed by atoms with Crippen LogP contribution < -0.4 is 20.1 Å². The highest BCUT2D eigenvalue weighted by Gasteiger charge is 2.09. The van der Waals surface area contributed by atoms with Gasteiger partial charge in [0.2, 0.25) is 5.95 Å². The summed E-state index contributed by atoms with van der Waals surface area (Å²) in [5, 5.41) is 7.23. The van der Waals surface area contributed by atoms with Gasteiger partial charge in [0, 0.05) is 12.3 Å². The number of methoxy groups -OCH3 is 2. The van der Waals surface area contributed by atoms with Crippen LogP contribution in [0.4, 0.5) is 23.1 Å². The summed E-state index contributed by atoms with van der Waals surface area (Å²) in [7, 11) is 3.18. The molecule has 0 aliphatic rings. The van der Waals surface area contributed by atoms with Gasteiger partial charge >= 0.3 is 0 Å². The zero-order valence-corrected chi connectivity index (χ0v) is 15.6. The molecule has 3 rings (SSSR count). The Morgan fingerprint density at radius 3 is 2.38 bits per heavy atom. The van der Waals surface area contributed by atoms with Gasteiger partial charge in [0.15, 0.2) is 0 Å². The molecule has 1 heterocycles. The monoisotopic (exact) mass is 390 g/mol. The van der Waals surface area contributed by atoms with Gasteiger partial charge in [-0.15, -0.1) is 0 Å². The van der Waals surface area contributed by atoms with Crippen LogP contribution in [0.25, 0.3) is 0 Å². The maximum absolute atomic E-state index is 6.18. The van der Waals surface area contributed by atoms with Crippen molar-refractivity contribution in [2.75, 3.05) is 24.9 Å². The minimum Gasteiger partial charge on any atom is -0.497 e. The van der Waals surface area contributed by atoms with E-state index >= 15 is 0 Å². The van der Waals surface area contributed by atoms with E-state index in [1.807, 2.05) is 12.1 Å². The Morgan fingerprint density at radius 2 is 1.69 bits per heavy atom. The summed E-state index contributed by atoms with van der Waals surface area (Å²) in [5.41, 5.74) is 1.30. The molecule has 2 N–H and O–H groups in total. The lowest BCUT2D eigenvalue weighted by atomic mass is 10.2. The molecular formula is C18H16Cl2N4O2. The zero-order chi connectivity index (χ0) is 18.5. The van der Waals surface area contributed by atoms with E-state index in [0.29, 0.717) is 44.7 Å². The van der Waals surface area contributed by atoms with Gasteiger partial charge in [-0.3, -0.25) is 0 Å². The molecule has 0 radical (unpaired) electrons. The predicted octanol–water partition coefficient (Wildman–Crippen LogP) is 5.29. The van der Waals surface area contributed by atoms with Gasteiger partial charge in [-0.2, -0.15) is 4.98 Å². The van der Waals surface area contributed by atoms with E-state index < -0.39 is 0 Å². The third-order valence-electron chi connectivity index (χ3n) is 3.53. The molecule has 134 valence electrons. The number of nitrogens with zero attached hydrogens (tertiary/aromatic N) is 2. The molecule has 0 amide bonds. The molecule has 8 heteroatoms. The summed E-state index contributed by atoms with van der Waals surface area (Å²) >= 11 is 12.4. The van der Waals surface area contributed by atoms with Crippen LogP contribution in [-0.4, -0.2) is 24.2 Å². The number of hydrogen-bond acceptors (Lipinski definition) is 6. The van der Waals surface area contributed by atoms with E-state index in [-0.39, 0.29) is 0 Å². The first-order chi connectivity index (χ1) is 12.6. The van der Waals surface area contributed by atoms with Crippen molar-refractivity contribution in [2.24, 2.45) is 0 Å². The van der Waals surface area contributed by atoms with Gasteiger partial charge in [-0.1, -0.05) is 29.3 Å². The van der Waals surface area contributed by atoms with E-state index in [9.17, 15) is 0 Å². The van der Waals surface area contributed by atoms with Crippen molar-refractivity contribution in [1.82, 2.24) is 9.97 Å². The molecule has 6 nitrogen and oxygen atoms in total. The summed E-state index contributed by atoms with van der Waals surface area (Å²) in [4.78, 5) is 8.65. The largest absolute Gasteiger partial charge is 0.497 e. The fourth-order valence-electron chi connectivity index (χ4n) is 2.26. The number of hydrogen-bond donors (Lipinski definition) is 2. The van der Waals surface area contributed by atoms with Gasteiger partial charge in [0.05, 0.1) is 35.6 Å². The average Bonchev–Trinajstić information content (AvgIpc) is 2.65. The number of ether oxygens (including phenoxy) is 2. The Bertz CT molecular complexity index is 901. The van der Waals surface area contributed by atoms with E-state index in [2.05, 4.69) is 20.6 Å². The number of rotatable bonds is 6. The highest BCUT2D eigenvalue weighted by atomic mass is 35.5. The van der Waals surface area contributed by atoms with Crippen LogP contribution in [0.3, 0.4) is 0 Å². The number of nitrogens with one attached hydrogen (secondary N) is 2. The average molecular weight is 391 g/mol. The van der Waals surface area contributed by atoms with Crippen LogP contribution in [0, 0.1) is 0 Å². The summed E-state index contributed by atoms with van der Waals surface area (Å²) in [6.45, 7) is 0. The Hall–Kier alpha value is -2.70. The molecule has 26 heavy (non-hydrogen) atoms. The van der Waals surface area contributed by atoms with E-state index in [1.54, 1.807) is 50.7 Å². The van der Waals surface area contributed by atoms with Gasteiger partial charge in [-0.05, 0) is 30.3 Å². The summed E-state index contributed by atoms with van der Waals surface area (Å²) in [6, 6.07) is 12.4. The predicted molar refractivity (Wildman–Crippen MR) is 105 cm³/mol.